The van der Waals surface area contributed by atoms with Crippen LogP contribution in [0.25, 0.3) is 0 Å². The lowest BCUT2D eigenvalue weighted by atomic mass is 9.95. The summed E-state index contributed by atoms with van der Waals surface area (Å²) in [6.45, 7) is 1.41. The molecule has 0 bridgehead atoms. The summed E-state index contributed by atoms with van der Waals surface area (Å²) in [5.74, 6) is 0.106. The van der Waals surface area contributed by atoms with E-state index in [-0.39, 0.29) is 30.2 Å². The number of hydrogen-bond acceptors (Lipinski definition) is 4. The topological polar surface area (TPSA) is 83.7 Å². The van der Waals surface area contributed by atoms with Gasteiger partial charge in [-0.15, -0.1) is 0 Å². The lowest BCUT2D eigenvalue weighted by molar-refractivity contribution is -0.130. The number of nitrogens with two attached hydrogens (primary N) is 1. The molecule has 2 N–H and O–H groups in total. The summed E-state index contributed by atoms with van der Waals surface area (Å²) < 4.78 is 25.3. The van der Waals surface area contributed by atoms with Crippen molar-refractivity contribution in [2.75, 3.05) is 31.9 Å². The van der Waals surface area contributed by atoms with Gasteiger partial charge in [0.15, 0.2) is 0 Å². The number of nitrogens with zero attached hydrogens (tertiary/aromatic N) is 2. The maximum Gasteiger partial charge on any atom is 0.237 e. The Morgan fingerprint density at radius 2 is 1.91 bits per heavy atom. The summed E-state index contributed by atoms with van der Waals surface area (Å²) >= 11 is 0. The monoisotopic (exact) mass is 337 g/mol. The fourth-order valence-corrected chi connectivity index (χ4v) is 4.90. The first-order chi connectivity index (χ1) is 11.0. The Kier molecular flexibility index (Phi) is 4.70. The van der Waals surface area contributed by atoms with E-state index in [2.05, 4.69) is 0 Å². The van der Waals surface area contributed by atoms with Crippen molar-refractivity contribution in [3.63, 3.8) is 0 Å². The van der Waals surface area contributed by atoms with E-state index >= 15 is 0 Å². The zero-order valence-electron chi connectivity index (χ0n) is 13.1. The molecule has 2 fully saturated rings. The van der Waals surface area contributed by atoms with Gasteiger partial charge in [-0.2, -0.15) is 4.31 Å². The number of benzene rings is 1. The van der Waals surface area contributed by atoms with Crippen molar-refractivity contribution in [1.29, 1.82) is 0 Å². The van der Waals surface area contributed by atoms with Crippen LogP contribution in [-0.4, -0.2) is 61.5 Å². The number of rotatable bonds is 3. The number of hydrogen-bond donors (Lipinski definition) is 1. The molecule has 0 saturated carbocycles. The Bertz CT molecular complexity index is 662. The fraction of sp³-hybridized carbons (Fsp3) is 0.562. The molecule has 0 aliphatic carbocycles. The first kappa shape index (κ1) is 16.4. The lowest BCUT2D eigenvalue weighted by Gasteiger charge is -2.27. The summed E-state index contributed by atoms with van der Waals surface area (Å²) in [5.41, 5.74) is 7.33. The summed E-state index contributed by atoms with van der Waals surface area (Å²) in [6.07, 6.45) is 1.50. The Morgan fingerprint density at radius 1 is 1.17 bits per heavy atom. The van der Waals surface area contributed by atoms with Crippen molar-refractivity contribution >= 4 is 15.9 Å². The summed E-state index contributed by atoms with van der Waals surface area (Å²) in [4.78, 5) is 14.2. The number of carbonyl (C=O) groups is 1. The van der Waals surface area contributed by atoms with E-state index in [1.54, 1.807) is 4.90 Å². The molecule has 2 unspecified atom stereocenters. The largest absolute Gasteiger partial charge is 0.339 e. The highest BCUT2D eigenvalue weighted by atomic mass is 32.2. The molecule has 3 rings (SSSR count). The van der Waals surface area contributed by atoms with Crippen LogP contribution in [0.15, 0.2) is 30.3 Å². The van der Waals surface area contributed by atoms with Gasteiger partial charge in [-0.3, -0.25) is 4.79 Å². The van der Waals surface area contributed by atoms with Gasteiger partial charge in [0.05, 0.1) is 12.3 Å². The average Bonchev–Trinajstić information content (AvgIpc) is 2.92. The molecular formula is C16H23N3O3S. The van der Waals surface area contributed by atoms with Gasteiger partial charge in [0.25, 0.3) is 0 Å². The highest BCUT2D eigenvalue weighted by Gasteiger charge is 2.36. The number of likely N-dealkylation sites (tertiary alicyclic amines) is 1. The number of sulfonamides is 1. The average molecular weight is 337 g/mol. The van der Waals surface area contributed by atoms with Gasteiger partial charge in [0.2, 0.25) is 15.9 Å². The van der Waals surface area contributed by atoms with E-state index < -0.39 is 10.0 Å². The van der Waals surface area contributed by atoms with Crippen LogP contribution in [0, 0.1) is 0 Å². The third-order valence-corrected chi connectivity index (χ3v) is 6.61. The molecule has 2 atom stereocenters. The zero-order chi connectivity index (χ0) is 16.4. The van der Waals surface area contributed by atoms with E-state index in [0.717, 1.165) is 12.0 Å². The molecule has 0 aromatic heterocycles. The van der Waals surface area contributed by atoms with Crippen LogP contribution in [0.4, 0.5) is 0 Å². The Hall–Kier alpha value is -1.44. The summed E-state index contributed by atoms with van der Waals surface area (Å²) in [6, 6.07) is 9.81. The second kappa shape index (κ2) is 6.59. The first-order valence-electron chi connectivity index (χ1n) is 8.03. The van der Waals surface area contributed by atoms with Crippen LogP contribution < -0.4 is 5.73 Å². The lowest BCUT2D eigenvalue weighted by Crippen LogP contribution is -2.45. The van der Waals surface area contributed by atoms with E-state index in [1.165, 1.54) is 4.31 Å². The number of amides is 1. The van der Waals surface area contributed by atoms with Crippen LogP contribution in [0.1, 0.15) is 24.3 Å². The summed E-state index contributed by atoms with van der Waals surface area (Å²) in [5, 5.41) is 0. The van der Waals surface area contributed by atoms with Crippen molar-refractivity contribution in [2.24, 2.45) is 5.73 Å². The quantitative estimate of drug-likeness (QED) is 0.863. The van der Waals surface area contributed by atoms with E-state index in [1.807, 2.05) is 30.3 Å². The molecule has 1 aromatic carbocycles. The number of carbonyl (C=O) groups excluding carboxylic acids is 1. The molecule has 1 aromatic rings. The maximum atomic E-state index is 12.5. The minimum absolute atomic E-state index is 0.0590. The minimum atomic E-state index is -3.27. The predicted octanol–water partition coefficient (Wildman–Crippen LogP) is 0.365. The first-order valence-corrected chi connectivity index (χ1v) is 9.64. The van der Waals surface area contributed by atoms with Crippen LogP contribution in [-0.2, 0) is 14.8 Å². The van der Waals surface area contributed by atoms with Gasteiger partial charge in [0.1, 0.15) is 0 Å². The summed E-state index contributed by atoms with van der Waals surface area (Å²) in [7, 11) is -3.27. The van der Waals surface area contributed by atoms with Gasteiger partial charge in [-0.05, 0) is 18.4 Å². The molecule has 23 heavy (non-hydrogen) atoms. The van der Waals surface area contributed by atoms with Crippen molar-refractivity contribution in [3.05, 3.63) is 35.9 Å². The smallest absolute Gasteiger partial charge is 0.237 e. The molecule has 2 heterocycles. The second-order valence-electron chi connectivity index (χ2n) is 6.34. The van der Waals surface area contributed by atoms with Crippen LogP contribution >= 0.6 is 0 Å². The van der Waals surface area contributed by atoms with Crippen LogP contribution in [0.3, 0.4) is 0 Å². The van der Waals surface area contributed by atoms with Crippen molar-refractivity contribution in [2.45, 2.75) is 24.8 Å². The fourth-order valence-electron chi connectivity index (χ4n) is 3.35. The highest BCUT2D eigenvalue weighted by Crippen LogP contribution is 2.26. The van der Waals surface area contributed by atoms with Crippen molar-refractivity contribution < 1.29 is 13.2 Å². The molecule has 2 aliphatic heterocycles. The SMILES string of the molecule is NC1CN(C(=O)CN2CCCCS2(=O)=O)CC1c1ccccc1. The molecule has 6 nitrogen and oxygen atoms in total. The van der Waals surface area contributed by atoms with Gasteiger partial charge in [-0.25, -0.2) is 8.42 Å². The van der Waals surface area contributed by atoms with Gasteiger partial charge < -0.3 is 10.6 Å². The van der Waals surface area contributed by atoms with E-state index in [4.69, 9.17) is 5.73 Å². The molecule has 1 amide bonds. The third kappa shape index (κ3) is 3.57. The zero-order valence-corrected chi connectivity index (χ0v) is 13.9. The van der Waals surface area contributed by atoms with Crippen LogP contribution in [0.5, 0.6) is 0 Å². The minimum Gasteiger partial charge on any atom is -0.339 e. The molecule has 7 heteroatoms. The van der Waals surface area contributed by atoms with E-state index in [0.29, 0.717) is 26.1 Å². The third-order valence-electron chi connectivity index (χ3n) is 4.71. The van der Waals surface area contributed by atoms with Gasteiger partial charge in [0, 0.05) is 31.6 Å². The van der Waals surface area contributed by atoms with Crippen molar-refractivity contribution in [1.82, 2.24) is 9.21 Å². The predicted molar refractivity (Wildman–Crippen MR) is 88.3 cm³/mol. The standard InChI is InChI=1S/C16H23N3O3S/c17-15-11-18(10-14(15)13-6-2-1-3-7-13)16(20)12-19-8-4-5-9-23(19,21)22/h1-3,6-7,14-15H,4-5,8-12,17H2. The molecular weight excluding hydrogens is 314 g/mol. The molecule has 126 valence electrons. The normalized spacial score (nSPS) is 28.0. The van der Waals surface area contributed by atoms with Crippen LogP contribution in [0.2, 0.25) is 0 Å². The van der Waals surface area contributed by atoms with Gasteiger partial charge >= 0.3 is 0 Å². The Labute approximate surface area is 137 Å². The Morgan fingerprint density at radius 3 is 2.61 bits per heavy atom. The second-order valence-corrected chi connectivity index (χ2v) is 8.42. The van der Waals surface area contributed by atoms with E-state index in [9.17, 15) is 13.2 Å². The van der Waals surface area contributed by atoms with Gasteiger partial charge in [-0.1, -0.05) is 30.3 Å². The molecule has 0 radical (unpaired) electrons. The molecule has 0 spiro atoms. The van der Waals surface area contributed by atoms with Crippen molar-refractivity contribution in [3.8, 4) is 0 Å². The maximum absolute atomic E-state index is 12.5. The molecule has 2 saturated heterocycles. The Balaban J connectivity index is 1.65. The molecule has 2 aliphatic rings. The highest BCUT2D eigenvalue weighted by molar-refractivity contribution is 7.89.